The number of amides is 1. The van der Waals surface area contributed by atoms with Crippen molar-refractivity contribution in [3.05, 3.63) is 17.5 Å². The smallest absolute Gasteiger partial charge is 0.237 e. The number of aromatic nitrogens is 2. The molecule has 0 bridgehead atoms. The molecule has 1 heterocycles. The monoisotopic (exact) mass is 180 g/mol. The third-order valence-electron chi connectivity index (χ3n) is 2.53. The fourth-order valence-electron chi connectivity index (χ4n) is 1.75. The summed E-state index contributed by atoms with van der Waals surface area (Å²) in [5.74, 6) is 4.99. The quantitative estimate of drug-likeness (QED) is 0.309. The first-order chi connectivity index (χ1) is 6.31. The highest BCUT2D eigenvalue weighted by molar-refractivity contribution is 5.78. The van der Waals surface area contributed by atoms with Crippen molar-refractivity contribution in [2.75, 3.05) is 0 Å². The van der Waals surface area contributed by atoms with Gasteiger partial charge in [0.25, 0.3) is 0 Å². The average molecular weight is 180 g/mol. The molecule has 1 aliphatic rings. The summed E-state index contributed by atoms with van der Waals surface area (Å²) in [5, 5.41) is 6.83. The third-order valence-corrected chi connectivity index (χ3v) is 2.53. The van der Waals surface area contributed by atoms with E-state index in [-0.39, 0.29) is 11.8 Å². The van der Waals surface area contributed by atoms with Crippen LogP contribution in [-0.2, 0) is 17.6 Å². The SMILES string of the molecule is NNC(=O)[C@H]1CCc2cn[nH]c2C1. The Balaban J connectivity index is 2.13. The molecule has 70 valence electrons. The number of nitrogens with two attached hydrogens (primary N) is 1. The van der Waals surface area contributed by atoms with Crippen LogP contribution >= 0.6 is 0 Å². The predicted octanol–water partition coefficient (Wildman–Crippen LogP) is -0.496. The zero-order valence-corrected chi connectivity index (χ0v) is 7.21. The number of carbonyl (C=O) groups is 1. The van der Waals surface area contributed by atoms with Crippen molar-refractivity contribution in [1.82, 2.24) is 15.6 Å². The van der Waals surface area contributed by atoms with Crippen molar-refractivity contribution in [2.24, 2.45) is 11.8 Å². The standard InChI is InChI=1S/C8H12N4O/c9-11-8(13)5-1-2-6-4-10-12-7(6)3-5/h4-5H,1-3,9H2,(H,10,12)(H,11,13)/t5-/m0/s1. The first-order valence-corrected chi connectivity index (χ1v) is 4.33. The molecule has 1 aromatic rings. The minimum Gasteiger partial charge on any atom is -0.294 e. The second kappa shape index (κ2) is 3.18. The van der Waals surface area contributed by atoms with Crippen LogP contribution in [0.4, 0.5) is 0 Å². The summed E-state index contributed by atoms with van der Waals surface area (Å²) in [6, 6.07) is 0. The van der Waals surface area contributed by atoms with Gasteiger partial charge in [0.05, 0.1) is 6.20 Å². The average Bonchev–Trinajstić information content (AvgIpc) is 2.63. The van der Waals surface area contributed by atoms with E-state index in [0.717, 1.165) is 25.0 Å². The van der Waals surface area contributed by atoms with Gasteiger partial charge in [-0.2, -0.15) is 5.10 Å². The lowest BCUT2D eigenvalue weighted by molar-refractivity contribution is -0.125. The van der Waals surface area contributed by atoms with Gasteiger partial charge in [0.15, 0.2) is 0 Å². The van der Waals surface area contributed by atoms with Crippen LogP contribution in [0.5, 0.6) is 0 Å². The van der Waals surface area contributed by atoms with Crippen LogP contribution in [0.3, 0.4) is 0 Å². The molecule has 5 nitrogen and oxygen atoms in total. The third kappa shape index (κ3) is 1.42. The lowest BCUT2D eigenvalue weighted by atomic mass is 9.88. The maximum Gasteiger partial charge on any atom is 0.237 e. The van der Waals surface area contributed by atoms with Crippen LogP contribution in [0.15, 0.2) is 6.20 Å². The van der Waals surface area contributed by atoms with Crippen LogP contribution in [0, 0.1) is 5.92 Å². The van der Waals surface area contributed by atoms with E-state index < -0.39 is 0 Å². The molecule has 1 amide bonds. The van der Waals surface area contributed by atoms with E-state index in [0.29, 0.717) is 0 Å². The number of hydrogen-bond acceptors (Lipinski definition) is 3. The van der Waals surface area contributed by atoms with Gasteiger partial charge >= 0.3 is 0 Å². The van der Waals surface area contributed by atoms with Crippen molar-refractivity contribution >= 4 is 5.91 Å². The van der Waals surface area contributed by atoms with E-state index in [2.05, 4.69) is 15.6 Å². The van der Waals surface area contributed by atoms with E-state index in [1.807, 2.05) is 6.20 Å². The van der Waals surface area contributed by atoms with Gasteiger partial charge < -0.3 is 0 Å². The predicted molar refractivity (Wildman–Crippen MR) is 46.4 cm³/mol. The number of H-pyrrole nitrogens is 1. The van der Waals surface area contributed by atoms with Gasteiger partial charge in [0.2, 0.25) is 5.91 Å². The highest BCUT2D eigenvalue weighted by Gasteiger charge is 2.24. The van der Waals surface area contributed by atoms with E-state index >= 15 is 0 Å². The van der Waals surface area contributed by atoms with Crippen LogP contribution in [0.25, 0.3) is 0 Å². The number of hydrogen-bond donors (Lipinski definition) is 3. The molecule has 0 fully saturated rings. The Kier molecular flexibility index (Phi) is 2.02. The largest absolute Gasteiger partial charge is 0.294 e. The molecule has 0 radical (unpaired) electrons. The summed E-state index contributed by atoms with van der Waals surface area (Å²) in [7, 11) is 0. The Bertz CT molecular complexity index is 320. The van der Waals surface area contributed by atoms with Gasteiger partial charge in [-0.25, -0.2) is 5.84 Å². The first kappa shape index (κ1) is 8.25. The minimum atomic E-state index is -0.0831. The maximum absolute atomic E-state index is 11.2. The van der Waals surface area contributed by atoms with Crippen LogP contribution in [0.1, 0.15) is 17.7 Å². The van der Waals surface area contributed by atoms with E-state index in [4.69, 9.17) is 5.84 Å². The van der Waals surface area contributed by atoms with Crippen LogP contribution < -0.4 is 11.3 Å². The van der Waals surface area contributed by atoms with E-state index in [1.165, 1.54) is 5.56 Å². The van der Waals surface area contributed by atoms with Crippen molar-refractivity contribution in [3.63, 3.8) is 0 Å². The molecular formula is C8H12N4O. The second-order valence-corrected chi connectivity index (χ2v) is 3.32. The number of aromatic amines is 1. The van der Waals surface area contributed by atoms with Gasteiger partial charge in [-0.15, -0.1) is 0 Å². The van der Waals surface area contributed by atoms with E-state index in [1.54, 1.807) is 0 Å². The molecule has 0 unspecified atom stereocenters. The summed E-state index contributed by atoms with van der Waals surface area (Å²) < 4.78 is 0. The van der Waals surface area contributed by atoms with Gasteiger partial charge in [-0.05, 0) is 18.4 Å². The molecular weight excluding hydrogens is 168 g/mol. The fourth-order valence-corrected chi connectivity index (χ4v) is 1.75. The zero-order valence-electron chi connectivity index (χ0n) is 7.21. The Morgan fingerprint density at radius 2 is 2.62 bits per heavy atom. The molecule has 0 aliphatic heterocycles. The summed E-state index contributed by atoms with van der Waals surface area (Å²) in [6.07, 6.45) is 4.31. The van der Waals surface area contributed by atoms with Gasteiger partial charge in [0, 0.05) is 18.0 Å². The molecule has 1 atom stereocenters. The molecule has 1 aliphatic carbocycles. The Morgan fingerprint density at radius 3 is 3.38 bits per heavy atom. The summed E-state index contributed by atoms with van der Waals surface area (Å²) in [5.41, 5.74) is 4.48. The molecule has 0 saturated heterocycles. The van der Waals surface area contributed by atoms with Crippen molar-refractivity contribution in [3.8, 4) is 0 Å². The molecule has 0 spiro atoms. The molecule has 4 N–H and O–H groups in total. The fraction of sp³-hybridized carbons (Fsp3) is 0.500. The number of carbonyl (C=O) groups excluding carboxylic acids is 1. The maximum atomic E-state index is 11.2. The minimum absolute atomic E-state index is 0.00190. The van der Waals surface area contributed by atoms with Crippen LogP contribution in [-0.4, -0.2) is 16.1 Å². The number of rotatable bonds is 1. The summed E-state index contributed by atoms with van der Waals surface area (Å²) in [6.45, 7) is 0. The number of hydrazine groups is 1. The van der Waals surface area contributed by atoms with Gasteiger partial charge in [-0.1, -0.05) is 0 Å². The highest BCUT2D eigenvalue weighted by Crippen LogP contribution is 2.23. The molecule has 13 heavy (non-hydrogen) atoms. The topological polar surface area (TPSA) is 83.8 Å². The number of nitrogens with zero attached hydrogens (tertiary/aromatic N) is 1. The molecule has 0 saturated carbocycles. The number of nitrogens with one attached hydrogen (secondary N) is 2. The van der Waals surface area contributed by atoms with Crippen molar-refractivity contribution in [2.45, 2.75) is 19.3 Å². The lowest BCUT2D eigenvalue weighted by Crippen LogP contribution is -2.38. The Morgan fingerprint density at radius 1 is 1.77 bits per heavy atom. The van der Waals surface area contributed by atoms with Crippen LogP contribution in [0.2, 0.25) is 0 Å². The normalized spacial score (nSPS) is 20.8. The zero-order chi connectivity index (χ0) is 9.26. The summed E-state index contributed by atoms with van der Waals surface area (Å²) in [4.78, 5) is 11.2. The highest BCUT2D eigenvalue weighted by atomic mass is 16.2. The second-order valence-electron chi connectivity index (χ2n) is 3.32. The van der Waals surface area contributed by atoms with Gasteiger partial charge in [-0.3, -0.25) is 15.3 Å². The Hall–Kier alpha value is -1.36. The van der Waals surface area contributed by atoms with Crippen molar-refractivity contribution < 1.29 is 4.79 Å². The van der Waals surface area contributed by atoms with Crippen molar-refractivity contribution in [1.29, 1.82) is 0 Å². The lowest BCUT2D eigenvalue weighted by Gasteiger charge is -2.19. The Labute approximate surface area is 75.7 Å². The number of aryl methyl sites for hydroxylation is 1. The summed E-state index contributed by atoms with van der Waals surface area (Å²) >= 11 is 0. The molecule has 1 aromatic heterocycles. The molecule has 0 aromatic carbocycles. The van der Waals surface area contributed by atoms with Gasteiger partial charge in [0.1, 0.15) is 0 Å². The molecule has 2 rings (SSSR count). The molecule has 5 heteroatoms. The number of fused-ring (bicyclic) bond motifs is 1. The first-order valence-electron chi connectivity index (χ1n) is 4.33. The van der Waals surface area contributed by atoms with E-state index in [9.17, 15) is 4.79 Å².